The Morgan fingerprint density at radius 3 is 2.33 bits per heavy atom. The minimum absolute atomic E-state index is 0.570. The lowest BCUT2D eigenvalue weighted by Gasteiger charge is -2.08. The van der Waals surface area contributed by atoms with Crippen LogP contribution in [0, 0.1) is 0 Å². The second-order valence-corrected chi connectivity index (χ2v) is 4.47. The van der Waals surface area contributed by atoms with Crippen LogP contribution in [0.3, 0.4) is 0 Å². The zero-order chi connectivity index (χ0) is 10.7. The SMILES string of the molecule is CC.c1ccc(C2CNC3(CC3)C2)cc1. The van der Waals surface area contributed by atoms with Gasteiger partial charge >= 0.3 is 0 Å². The first-order valence-electron chi connectivity index (χ1n) is 6.18. The predicted molar refractivity (Wildman–Crippen MR) is 65.1 cm³/mol. The summed E-state index contributed by atoms with van der Waals surface area (Å²) < 4.78 is 0. The molecule has 1 unspecified atom stereocenters. The van der Waals surface area contributed by atoms with Crippen LogP contribution in [0.15, 0.2) is 30.3 Å². The maximum absolute atomic E-state index is 3.66. The third-order valence-corrected chi connectivity index (χ3v) is 3.49. The number of rotatable bonds is 1. The van der Waals surface area contributed by atoms with Crippen LogP contribution >= 0.6 is 0 Å². The van der Waals surface area contributed by atoms with Crippen LogP contribution in [0.25, 0.3) is 0 Å². The molecule has 82 valence electrons. The number of hydrogen-bond acceptors (Lipinski definition) is 1. The Balaban J connectivity index is 0.000000404. The summed E-state index contributed by atoms with van der Waals surface area (Å²) in [4.78, 5) is 0. The lowest BCUT2D eigenvalue weighted by atomic mass is 9.96. The van der Waals surface area contributed by atoms with Gasteiger partial charge in [0.15, 0.2) is 0 Å². The summed E-state index contributed by atoms with van der Waals surface area (Å²) in [6, 6.07) is 10.9. The van der Waals surface area contributed by atoms with Crippen LogP contribution < -0.4 is 5.32 Å². The molecule has 1 nitrogen and oxygen atoms in total. The van der Waals surface area contributed by atoms with E-state index in [9.17, 15) is 0 Å². The van der Waals surface area contributed by atoms with Crippen molar-refractivity contribution >= 4 is 0 Å². The molecule has 1 saturated carbocycles. The van der Waals surface area contributed by atoms with E-state index in [1.807, 2.05) is 13.8 Å². The molecule has 2 aliphatic rings. The molecular weight excluding hydrogens is 182 g/mol. The van der Waals surface area contributed by atoms with Gasteiger partial charge in [0.2, 0.25) is 0 Å². The third kappa shape index (κ3) is 2.23. The summed E-state index contributed by atoms with van der Waals surface area (Å²) >= 11 is 0. The highest BCUT2D eigenvalue weighted by Gasteiger charge is 2.48. The van der Waals surface area contributed by atoms with E-state index in [0.717, 1.165) is 5.92 Å². The molecule has 1 aromatic rings. The van der Waals surface area contributed by atoms with Crippen molar-refractivity contribution in [3.05, 3.63) is 35.9 Å². The first-order valence-corrected chi connectivity index (χ1v) is 6.18. The second-order valence-electron chi connectivity index (χ2n) is 4.47. The fourth-order valence-corrected chi connectivity index (χ4v) is 2.45. The highest BCUT2D eigenvalue weighted by Crippen LogP contribution is 2.47. The molecule has 1 spiro atoms. The monoisotopic (exact) mass is 203 g/mol. The maximum Gasteiger partial charge on any atom is 0.0189 e. The zero-order valence-corrected chi connectivity index (χ0v) is 9.79. The summed E-state index contributed by atoms with van der Waals surface area (Å²) in [6.45, 7) is 5.18. The van der Waals surface area contributed by atoms with Gasteiger partial charge in [-0.3, -0.25) is 0 Å². The largest absolute Gasteiger partial charge is 0.311 e. The summed E-state index contributed by atoms with van der Waals surface area (Å²) in [6.07, 6.45) is 4.16. The molecular formula is C14H21N. The van der Waals surface area contributed by atoms with Gasteiger partial charge in [-0.25, -0.2) is 0 Å². The molecule has 1 N–H and O–H groups in total. The van der Waals surface area contributed by atoms with Gasteiger partial charge in [0, 0.05) is 12.1 Å². The number of nitrogens with one attached hydrogen (secondary N) is 1. The van der Waals surface area contributed by atoms with Gasteiger partial charge in [-0.15, -0.1) is 0 Å². The van der Waals surface area contributed by atoms with E-state index >= 15 is 0 Å². The summed E-state index contributed by atoms with van der Waals surface area (Å²) in [5, 5.41) is 3.66. The molecule has 0 radical (unpaired) electrons. The molecule has 1 aliphatic heterocycles. The van der Waals surface area contributed by atoms with Crippen molar-refractivity contribution in [2.75, 3.05) is 6.54 Å². The average Bonchev–Trinajstić information content (AvgIpc) is 2.93. The van der Waals surface area contributed by atoms with Crippen LogP contribution in [-0.2, 0) is 0 Å². The Bertz CT molecular complexity index is 300. The van der Waals surface area contributed by atoms with Gasteiger partial charge in [-0.2, -0.15) is 0 Å². The smallest absolute Gasteiger partial charge is 0.0189 e. The molecule has 0 aromatic heterocycles. The van der Waals surface area contributed by atoms with Crippen LogP contribution in [0.5, 0.6) is 0 Å². The Morgan fingerprint density at radius 1 is 1.13 bits per heavy atom. The fraction of sp³-hybridized carbons (Fsp3) is 0.571. The molecule has 0 amide bonds. The highest BCUT2D eigenvalue weighted by atomic mass is 15.1. The van der Waals surface area contributed by atoms with Crippen molar-refractivity contribution in [3.63, 3.8) is 0 Å². The van der Waals surface area contributed by atoms with E-state index in [-0.39, 0.29) is 0 Å². The van der Waals surface area contributed by atoms with Gasteiger partial charge in [0.05, 0.1) is 0 Å². The van der Waals surface area contributed by atoms with Gasteiger partial charge in [0.25, 0.3) is 0 Å². The standard InChI is InChI=1S/C12H15N.C2H6/c1-2-4-10(5-3-1)11-8-12(6-7-12)13-9-11;1-2/h1-5,11,13H,6-9H2;1-2H3. The topological polar surface area (TPSA) is 12.0 Å². The molecule has 0 bridgehead atoms. The van der Waals surface area contributed by atoms with Crippen LogP contribution in [0.4, 0.5) is 0 Å². The lowest BCUT2D eigenvalue weighted by molar-refractivity contribution is 0.595. The van der Waals surface area contributed by atoms with Gasteiger partial charge in [-0.1, -0.05) is 44.2 Å². The van der Waals surface area contributed by atoms with Crippen LogP contribution in [0.1, 0.15) is 44.6 Å². The van der Waals surface area contributed by atoms with Crippen molar-refractivity contribution in [2.24, 2.45) is 0 Å². The lowest BCUT2D eigenvalue weighted by Crippen LogP contribution is -2.22. The minimum atomic E-state index is 0.570. The molecule has 1 atom stereocenters. The first-order chi connectivity index (χ1) is 7.38. The van der Waals surface area contributed by atoms with Crippen molar-refractivity contribution in [3.8, 4) is 0 Å². The zero-order valence-electron chi connectivity index (χ0n) is 9.79. The van der Waals surface area contributed by atoms with Crippen LogP contribution in [0.2, 0.25) is 0 Å². The predicted octanol–water partition coefficient (Wildman–Crippen LogP) is 3.32. The Morgan fingerprint density at radius 2 is 1.80 bits per heavy atom. The quantitative estimate of drug-likeness (QED) is 0.738. The molecule has 1 saturated heterocycles. The van der Waals surface area contributed by atoms with Crippen molar-refractivity contribution in [2.45, 2.75) is 44.6 Å². The summed E-state index contributed by atoms with van der Waals surface area (Å²) in [5.74, 6) is 0.767. The van der Waals surface area contributed by atoms with Crippen LogP contribution in [-0.4, -0.2) is 12.1 Å². The van der Waals surface area contributed by atoms with E-state index < -0.39 is 0 Å². The van der Waals surface area contributed by atoms with Crippen molar-refractivity contribution < 1.29 is 0 Å². The van der Waals surface area contributed by atoms with E-state index in [1.54, 1.807) is 0 Å². The molecule has 1 heterocycles. The second kappa shape index (κ2) is 4.36. The Labute approximate surface area is 92.9 Å². The third-order valence-electron chi connectivity index (χ3n) is 3.49. The number of hydrogen-bond donors (Lipinski definition) is 1. The molecule has 1 heteroatoms. The van der Waals surface area contributed by atoms with Crippen molar-refractivity contribution in [1.82, 2.24) is 5.32 Å². The number of benzene rings is 1. The molecule has 1 aromatic carbocycles. The maximum atomic E-state index is 3.66. The molecule has 3 rings (SSSR count). The average molecular weight is 203 g/mol. The van der Waals surface area contributed by atoms with Crippen molar-refractivity contribution in [1.29, 1.82) is 0 Å². The summed E-state index contributed by atoms with van der Waals surface area (Å²) in [7, 11) is 0. The minimum Gasteiger partial charge on any atom is -0.311 e. The van der Waals surface area contributed by atoms with E-state index in [1.165, 1.54) is 31.4 Å². The molecule has 1 aliphatic carbocycles. The van der Waals surface area contributed by atoms with E-state index in [0.29, 0.717) is 5.54 Å². The van der Waals surface area contributed by atoms with E-state index in [4.69, 9.17) is 0 Å². The highest BCUT2D eigenvalue weighted by molar-refractivity contribution is 5.25. The molecule has 15 heavy (non-hydrogen) atoms. The van der Waals surface area contributed by atoms with Gasteiger partial charge < -0.3 is 5.32 Å². The van der Waals surface area contributed by atoms with Gasteiger partial charge in [0.1, 0.15) is 0 Å². The van der Waals surface area contributed by atoms with E-state index in [2.05, 4.69) is 35.6 Å². The normalized spacial score (nSPS) is 25.9. The molecule has 2 fully saturated rings. The fourth-order valence-electron chi connectivity index (χ4n) is 2.45. The first kappa shape index (κ1) is 10.7. The van der Waals surface area contributed by atoms with Gasteiger partial charge in [-0.05, 0) is 30.7 Å². The Kier molecular flexibility index (Phi) is 3.11. The Hall–Kier alpha value is -0.820. The summed E-state index contributed by atoms with van der Waals surface area (Å²) in [5.41, 5.74) is 2.08.